The van der Waals surface area contributed by atoms with Crippen LogP contribution in [-0.2, 0) is 33.9 Å². The highest BCUT2D eigenvalue weighted by Crippen LogP contribution is 2.32. The first-order valence-corrected chi connectivity index (χ1v) is 18.4. The number of aromatic amines is 1. The summed E-state index contributed by atoms with van der Waals surface area (Å²) in [6, 6.07) is 43.7. The molecule has 0 radical (unpaired) electrons. The minimum atomic E-state index is -0.659. The van der Waals surface area contributed by atoms with Gasteiger partial charge in [-0.1, -0.05) is 127 Å². The van der Waals surface area contributed by atoms with Crippen LogP contribution in [0.25, 0.3) is 22.5 Å². The van der Waals surface area contributed by atoms with Gasteiger partial charge in [0.25, 0.3) is 0 Å². The smallest absolute Gasteiger partial charge is 0.249 e. The zero-order valence-corrected chi connectivity index (χ0v) is 30.6. The molecule has 0 bridgehead atoms. The molecule has 0 saturated carbocycles. The molecule has 1 aromatic heterocycles. The molecule has 2 atom stereocenters. The number of benzene rings is 5. The molecule has 2 amide bonds. The van der Waals surface area contributed by atoms with E-state index in [0.717, 1.165) is 44.6 Å². The van der Waals surface area contributed by atoms with E-state index in [1.54, 1.807) is 0 Å². The standard InChI is InChI=1S/C44H45N7O3/c1-44(2,45-28-40(35-16-7-4-8-17-35)54-30-32-13-5-3-6-14-32)27-41(52)46-38-26-25-34-15-9-12-20-39(34)51(43(38)53)29-31-21-23-33(24-22-31)36-18-10-11-19-37(36)42-47-49-50-48-42/h3-24,38,40,45H,25-30H2,1-2H3,(H,46,52)(H,47,48,49,50)/t38-,40+/m1/s1. The van der Waals surface area contributed by atoms with Gasteiger partial charge in [0.05, 0.1) is 19.3 Å². The lowest BCUT2D eigenvalue weighted by atomic mass is 9.98. The van der Waals surface area contributed by atoms with Gasteiger partial charge in [0, 0.05) is 29.8 Å². The number of carbonyl (C=O) groups excluding carboxylic acids is 2. The third-order valence-electron chi connectivity index (χ3n) is 9.85. The predicted molar refractivity (Wildman–Crippen MR) is 210 cm³/mol. The molecule has 0 saturated heterocycles. The van der Waals surface area contributed by atoms with E-state index >= 15 is 0 Å². The van der Waals surface area contributed by atoms with Crippen molar-refractivity contribution >= 4 is 17.5 Å². The highest BCUT2D eigenvalue weighted by atomic mass is 16.5. The molecular formula is C44H45N7O3. The van der Waals surface area contributed by atoms with Crippen molar-refractivity contribution in [1.82, 2.24) is 31.3 Å². The van der Waals surface area contributed by atoms with Crippen molar-refractivity contribution in [2.75, 3.05) is 11.4 Å². The number of aryl methyl sites for hydroxylation is 1. The summed E-state index contributed by atoms with van der Waals surface area (Å²) in [5.74, 6) is 0.297. The van der Waals surface area contributed by atoms with E-state index in [2.05, 4.69) is 73.7 Å². The first-order chi connectivity index (χ1) is 26.3. The van der Waals surface area contributed by atoms with Crippen molar-refractivity contribution in [2.45, 2.75) is 63.9 Å². The Morgan fingerprint density at radius 3 is 2.28 bits per heavy atom. The van der Waals surface area contributed by atoms with Gasteiger partial charge in [-0.3, -0.25) is 9.59 Å². The van der Waals surface area contributed by atoms with Crippen LogP contribution in [0.3, 0.4) is 0 Å². The lowest BCUT2D eigenvalue weighted by Crippen LogP contribution is -2.51. The average Bonchev–Trinajstić information content (AvgIpc) is 3.71. The van der Waals surface area contributed by atoms with Crippen LogP contribution >= 0.6 is 0 Å². The molecule has 274 valence electrons. The summed E-state index contributed by atoms with van der Waals surface area (Å²) in [5, 5.41) is 21.1. The largest absolute Gasteiger partial charge is 0.368 e. The fourth-order valence-electron chi connectivity index (χ4n) is 6.99. The van der Waals surface area contributed by atoms with Gasteiger partial charge >= 0.3 is 0 Å². The number of hydrogen-bond acceptors (Lipinski definition) is 7. The molecule has 10 heteroatoms. The quantitative estimate of drug-likeness (QED) is 0.109. The monoisotopic (exact) mass is 719 g/mol. The number of rotatable bonds is 14. The molecule has 1 aliphatic heterocycles. The lowest BCUT2D eigenvalue weighted by Gasteiger charge is -2.30. The summed E-state index contributed by atoms with van der Waals surface area (Å²) >= 11 is 0. The van der Waals surface area contributed by atoms with Gasteiger partial charge in [-0.25, -0.2) is 5.10 Å². The van der Waals surface area contributed by atoms with Gasteiger partial charge in [0.1, 0.15) is 6.04 Å². The molecule has 0 aliphatic carbocycles. The number of ether oxygens (including phenoxy) is 1. The Hall–Kier alpha value is -5.97. The number of aromatic nitrogens is 4. The van der Waals surface area contributed by atoms with Crippen LogP contribution in [-0.4, -0.2) is 50.6 Å². The molecule has 1 aliphatic rings. The summed E-state index contributed by atoms with van der Waals surface area (Å²) in [4.78, 5) is 29.8. The maximum atomic E-state index is 14.3. The number of para-hydroxylation sites is 1. The number of nitrogens with one attached hydrogen (secondary N) is 3. The number of H-pyrrole nitrogens is 1. The molecule has 6 aromatic rings. The normalized spacial score (nSPS) is 15.0. The van der Waals surface area contributed by atoms with Gasteiger partial charge in [-0.15, -0.1) is 5.10 Å². The van der Waals surface area contributed by atoms with Gasteiger partial charge in [-0.05, 0) is 76.6 Å². The van der Waals surface area contributed by atoms with Gasteiger partial charge in [0.15, 0.2) is 5.82 Å². The Kier molecular flexibility index (Phi) is 11.3. The zero-order chi connectivity index (χ0) is 37.3. The molecule has 0 spiro atoms. The minimum Gasteiger partial charge on any atom is -0.368 e. The number of fused-ring (bicyclic) bond motifs is 1. The van der Waals surface area contributed by atoms with E-state index < -0.39 is 11.6 Å². The summed E-state index contributed by atoms with van der Waals surface area (Å²) < 4.78 is 6.38. The Morgan fingerprint density at radius 2 is 1.54 bits per heavy atom. The second kappa shape index (κ2) is 16.8. The van der Waals surface area contributed by atoms with Crippen LogP contribution in [0.4, 0.5) is 5.69 Å². The third-order valence-corrected chi connectivity index (χ3v) is 9.85. The molecule has 3 N–H and O–H groups in total. The zero-order valence-electron chi connectivity index (χ0n) is 30.6. The van der Waals surface area contributed by atoms with E-state index in [1.807, 2.05) is 110 Å². The lowest BCUT2D eigenvalue weighted by molar-refractivity contribution is -0.128. The van der Waals surface area contributed by atoms with Crippen molar-refractivity contribution < 1.29 is 14.3 Å². The SMILES string of the molecule is CC(C)(CC(=O)N[C@@H]1CCc2ccccc2N(Cc2ccc(-c3ccccc3-c3nnn[nH]3)cc2)C1=O)NC[C@H](OCc1ccccc1)c1ccccc1. The summed E-state index contributed by atoms with van der Waals surface area (Å²) in [6.07, 6.45) is 1.17. The van der Waals surface area contributed by atoms with Crippen LogP contribution in [0.2, 0.25) is 0 Å². The second-order valence-electron chi connectivity index (χ2n) is 14.3. The molecule has 10 nitrogen and oxygen atoms in total. The van der Waals surface area contributed by atoms with Gasteiger partial charge in [-0.2, -0.15) is 0 Å². The number of carbonyl (C=O) groups is 2. The molecule has 5 aromatic carbocycles. The average molecular weight is 720 g/mol. The molecule has 2 heterocycles. The van der Waals surface area contributed by atoms with E-state index in [9.17, 15) is 9.59 Å². The van der Waals surface area contributed by atoms with Crippen LogP contribution in [0.1, 0.15) is 55.0 Å². The van der Waals surface area contributed by atoms with Crippen LogP contribution in [0.15, 0.2) is 133 Å². The van der Waals surface area contributed by atoms with E-state index in [1.165, 1.54) is 0 Å². The second-order valence-corrected chi connectivity index (χ2v) is 14.3. The van der Waals surface area contributed by atoms with Crippen molar-refractivity contribution in [2.24, 2.45) is 0 Å². The maximum absolute atomic E-state index is 14.3. The van der Waals surface area contributed by atoms with Crippen LogP contribution in [0.5, 0.6) is 0 Å². The van der Waals surface area contributed by atoms with E-state index in [0.29, 0.717) is 38.4 Å². The Labute approximate surface area is 316 Å². The highest BCUT2D eigenvalue weighted by molar-refractivity contribution is 6.00. The Bertz CT molecular complexity index is 2140. The highest BCUT2D eigenvalue weighted by Gasteiger charge is 2.33. The number of hydrogen-bond donors (Lipinski definition) is 3. The first kappa shape index (κ1) is 36.4. The Balaban J connectivity index is 1.01. The van der Waals surface area contributed by atoms with Gasteiger partial charge < -0.3 is 20.3 Å². The first-order valence-electron chi connectivity index (χ1n) is 18.4. The maximum Gasteiger partial charge on any atom is 0.249 e. The Morgan fingerprint density at radius 1 is 0.852 bits per heavy atom. The van der Waals surface area contributed by atoms with E-state index in [-0.39, 0.29) is 24.3 Å². The van der Waals surface area contributed by atoms with Crippen LogP contribution in [0, 0.1) is 0 Å². The topological polar surface area (TPSA) is 125 Å². The third kappa shape index (κ3) is 8.97. The summed E-state index contributed by atoms with van der Waals surface area (Å²) in [6.45, 7) is 5.38. The van der Waals surface area contributed by atoms with Crippen LogP contribution < -0.4 is 15.5 Å². The molecule has 54 heavy (non-hydrogen) atoms. The van der Waals surface area contributed by atoms with Crippen molar-refractivity contribution in [1.29, 1.82) is 0 Å². The minimum absolute atomic E-state index is 0.121. The fraction of sp³-hybridized carbons (Fsp3) is 0.250. The number of anilines is 1. The fourth-order valence-corrected chi connectivity index (χ4v) is 6.99. The van der Waals surface area contributed by atoms with Crippen molar-refractivity contribution in [3.05, 3.63) is 156 Å². The van der Waals surface area contributed by atoms with Crippen molar-refractivity contribution in [3.63, 3.8) is 0 Å². The number of amides is 2. The van der Waals surface area contributed by atoms with E-state index in [4.69, 9.17) is 4.74 Å². The van der Waals surface area contributed by atoms with Gasteiger partial charge in [0.2, 0.25) is 11.8 Å². The predicted octanol–water partition coefficient (Wildman–Crippen LogP) is 7.21. The molecule has 0 fully saturated rings. The number of nitrogens with zero attached hydrogens (tertiary/aromatic N) is 4. The summed E-state index contributed by atoms with van der Waals surface area (Å²) in [7, 11) is 0. The molecule has 7 rings (SSSR count). The van der Waals surface area contributed by atoms with Crippen molar-refractivity contribution in [3.8, 4) is 22.5 Å². The number of tetrazole rings is 1. The summed E-state index contributed by atoms with van der Waals surface area (Å²) in [5.41, 5.74) is 7.43. The molecule has 0 unspecified atom stereocenters. The molecular weight excluding hydrogens is 675 g/mol.